The molecule has 0 radical (unpaired) electrons. The number of hydrogen-bond acceptors (Lipinski definition) is 3. The quantitative estimate of drug-likeness (QED) is 0.806. The predicted octanol–water partition coefficient (Wildman–Crippen LogP) is 2.96. The van der Waals surface area contributed by atoms with Crippen molar-refractivity contribution < 1.29 is 13.9 Å². The number of nitrogens with zero attached hydrogens (tertiary/aromatic N) is 3. The van der Waals surface area contributed by atoms with Crippen molar-refractivity contribution in [1.82, 2.24) is 14.5 Å². The van der Waals surface area contributed by atoms with Crippen LogP contribution in [0.1, 0.15) is 11.7 Å². The van der Waals surface area contributed by atoms with Gasteiger partial charge in [-0.3, -0.25) is 4.98 Å². The molecule has 0 unspecified atom stereocenters. The molecule has 1 N–H and O–H groups in total. The molecule has 0 saturated heterocycles. The topological polar surface area (TPSA) is 50.9 Å². The highest BCUT2D eigenvalue weighted by Crippen LogP contribution is 2.23. The van der Waals surface area contributed by atoms with Crippen molar-refractivity contribution in [1.29, 1.82) is 0 Å². The molecule has 0 amide bonds. The van der Waals surface area contributed by atoms with Gasteiger partial charge < -0.3 is 9.67 Å². The normalized spacial score (nSPS) is 12.3. The molecular weight excluding hydrogens is 288 g/mol. The maximum absolute atomic E-state index is 13.7. The van der Waals surface area contributed by atoms with Gasteiger partial charge in [0.05, 0.1) is 12.6 Å². The van der Waals surface area contributed by atoms with Crippen LogP contribution in [-0.2, 0) is 6.54 Å². The van der Waals surface area contributed by atoms with E-state index in [1.807, 2.05) is 0 Å². The van der Waals surface area contributed by atoms with Gasteiger partial charge in [0.1, 0.15) is 17.5 Å². The van der Waals surface area contributed by atoms with Gasteiger partial charge in [-0.1, -0.05) is 6.07 Å². The van der Waals surface area contributed by atoms with E-state index in [0.29, 0.717) is 5.82 Å². The van der Waals surface area contributed by atoms with Crippen LogP contribution < -0.4 is 0 Å². The second-order valence-electron chi connectivity index (χ2n) is 4.82. The van der Waals surface area contributed by atoms with E-state index in [1.54, 1.807) is 41.5 Å². The van der Waals surface area contributed by atoms with E-state index in [0.717, 1.165) is 17.7 Å². The highest BCUT2D eigenvalue weighted by molar-refractivity contribution is 5.54. The van der Waals surface area contributed by atoms with E-state index in [9.17, 15) is 13.9 Å². The Kier molecular flexibility index (Phi) is 3.93. The van der Waals surface area contributed by atoms with Crippen LogP contribution in [0.5, 0.6) is 0 Å². The van der Waals surface area contributed by atoms with Gasteiger partial charge in [0.15, 0.2) is 0 Å². The maximum atomic E-state index is 13.7. The fourth-order valence-electron chi connectivity index (χ4n) is 2.27. The molecule has 3 rings (SSSR count). The number of imidazole rings is 1. The Morgan fingerprint density at radius 2 is 1.86 bits per heavy atom. The van der Waals surface area contributed by atoms with Gasteiger partial charge in [-0.25, -0.2) is 13.8 Å². The predicted molar refractivity (Wildman–Crippen MR) is 76.8 cm³/mol. The molecule has 0 fully saturated rings. The van der Waals surface area contributed by atoms with Crippen LogP contribution in [0.3, 0.4) is 0 Å². The molecule has 1 atom stereocenters. The van der Waals surface area contributed by atoms with Crippen molar-refractivity contribution in [3.05, 3.63) is 72.3 Å². The first-order valence-corrected chi connectivity index (χ1v) is 6.69. The molecule has 6 heteroatoms. The lowest BCUT2D eigenvalue weighted by molar-refractivity contribution is 0.152. The van der Waals surface area contributed by atoms with E-state index in [1.165, 1.54) is 6.07 Å². The monoisotopic (exact) mass is 301 g/mol. The fraction of sp³-hybridized carbons (Fsp3) is 0.125. The number of aromatic nitrogens is 3. The zero-order valence-electron chi connectivity index (χ0n) is 11.5. The number of hydrogen-bond donors (Lipinski definition) is 1. The molecule has 3 aromatic rings. The van der Waals surface area contributed by atoms with Crippen LogP contribution in [0, 0.1) is 11.6 Å². The van der Waals surface area contributed by atoms with Crippen molar-refractivity contribution in [3.8, 4) is 11.4 Å². The van der Waals surface area contributed by atoms with Gasteiger partial charge in [0.25, 0.3) is 0 Å². The van der Waals surface area contributed by atoms with Crippen LogP contribution >= 0.6 is 0 Å². The Labute approximate surface area is 125 Å². The van der Waals surface area contributed by atoms with Crippen LogP contribution in [-0.4, -0.2) is 19.6 Å². The zero-order chi connectivity index (χ0) is 15.5. The summed E-state index contributed by atoms with van der Waals surface area (Å²) in [4.78, 5) is 8.18. The lowest BCUT2D eigenvalue weighted by atomic mass is 10.1. The highest BCUT2D eigenvalue weighted by atomic mass is 19.1. The Hall–Kier alpha value is -2.60. The summed E-state index contributed by atoms with van der Waals surface area (Å²) in [6.07, 6.45) is 5.48. The molecule has 0 bridgehead atoms. The molecule has 0 aliphatic carbocycles. The molecule has 4 nitrogen and oxygen atoms in total. The highest BCUT2D eigenvalue weighted by Gasteiger charge is 2.16. The van der Waals surface area contributed by atoms with Crippen LogP contribution in [0.25, 0.3) is 11.4 Å². The average Bonchev–Trinajstić information content (AvgIpc) is 2.96. The van der Waals surface area contributed by atoms with Gasteiger partial charge in [-0.05, 0) is 18.2 Å². The minimum atomic E-state index is -1.10. The summed E-state index contributed by atoms with van der Waals surface area (Å²) in [6, 6.07) is 6.72. The SMILES string of the molecule is O[C@H](Cn1ccnc1-c1ccncc1)c1ccc(F)cc1F. The number of aliphatic hydroxyl groups excluding tert-OH is 1. The summed E-state index contributed by atoms with van der Waals surface area (Å²) in [7, 11) is 0. The van der Waals surface area contributed by atoms with E-state index < -0.39 is 17.7 Å². The van der Waals surface area contributed by atoms with Crippen molar-refractivity contribution in [3.63, 3.8) is 0 Å². The minimum absolute atomic E-state index is 0.0516. The van der Waals surface area contributed by atoms with Crippen molar-refractivity contribution in [2.75, 3.05) is 0 Å². The number of aliphatic hydroxyl groups is 1. The first kappa shape index (κ1) is 14.3. The van der Waals surface area contributed by atoms with Crippen molar-refractivity contribution in [2.45, 2.75) is 12.6 Å². The van der Waals surface area contributed by atoms with E-state index in [2.05, 4.69) is 9.97 Å². The molecule has 0 aliphatic rings. The van der Waals surface area contributed by atoms with Gasteiger partial charge in [-0.2, -0.15) is 0 Å². The number of rotatable bonds is 4. The first-order valence-electron chi connectivity index (χ1n) is 6.69. The van der Waals surface area contributed by atoms with Crippen molar-refractivity contribution >= 4 is 0 Å². The summed E-state index contributed by atoms with van der Waals surface area (Å²) in [5.41, 5.74) is 0.891. The third-order valence-corrected chi connectivity index (χ3v) is 3.35. The summed E-state index contributed by atoms with van der Waals surface area (Å²) in [5.74, 6) is -0.796. The standard InChI is InChI=1S/C16H13F2N3O/c17-12-1-2-13(14(18)9-12)15(22)10-21-8-7-20-16(21)11-3-5-19-6-4-11/h1-9,15,22H,10H2/t15-/m1/s1. The van der Waals surface area contributed by atoms with Crippen LogP contribution in [0.4, 0.5) is 8.78 Å². The Bertz CT molecular complexity index is 774. The maximum Gasteiger partial charge on any atom is 0.140 e. The van der Waals surface area contributed by atoms with Gasteiger partial charge in [0.2, 0.25) is 0 Å². The third kappa shape index (κ3) is 2.87. The summed E-state index contributed by atoms with van der Waals surface area (Å²) in [6.45, 7) is 0.111. The number of pyridine rings is 1. The molecule has 2 heterocycles. The molecule has 2 aromatic heterocycles. The zero-order valence-corrected chi connectivity index (χ0v) is 11.5. The third-order valence-electron chi connectivity index (χ3n) is 3.35. The van der Waals surface area contributed by atoms with E-state index in [4.69, 9.17) is 0 Å². The molecule has 112 valence electrons. The lowest BCUT2D eigenvalue weighted by Gasteiger charge is -2.15. The lowest BCUT2D eigenvalue weighted by Crippen LogP contribution is -2.11. The van der Waals surface area contributed by atoms with Gasteiger partial charge in [-0.15, -0.1) is 0 Å². The van der Waals surface area contributed by atoms with E-state index >= 15 is 0 Å². The average molecular weight is 301 g/mol. The smallest absolute Gasteiger partial charge is 0.140 e. The molecule has 0 aliphatic heterocycles. The van der Waals surface area contributed by atoms with Crippen LogP contribution in [0.2, 0.25) is 0 Å². The number of halogens is 2. The Morgan fingerprint density at radius 3 is 2.59 bits per heavy atom. The second kappa shape index (κ2) is 6.03. The largest absolute Gasteiger partial charge is 0.386 e. The van der Waals surface area contributed by atoms with Gasteiger partial charge >= 0.3 is 0 Å². The van der Waals surface area contributed by atoms with Crippen molar-refractivity contribution in [2.24, 2.45) is 0 Å². The Balaban J connectivity index is 1.86. The minimum Gasteiger partial charge on any atom is -0.386 e. The van der Waals surface area contributed by atoms with Gasteiger partial charge in [0, 0.05) is 42.0 Å². The molecule has 1 aromatic carbocycles. The summed E-state index contributed by atoms with van der Waals surface area (Å²) >= 11 is 0. The first-order chi connectivity index (χ1) is 10.6. The summed E-state index contributed by atoms with van der Waals surface area (Å²) in [5, 5.41) is 10.2. The van der Waals surface area contributed by atoms with E-state index in [-0.39, 0.29) is 12.1 Å². The fourth-order valence-corrected chi connectivity index (χ4v) is 2.27. The second-order valence-corrected chi connectivity index (χ2v) is 4.82. The molecular formula is C16H13F2N3O. The number of benzene rings is 1. The Morgan fingerprint density at radius 1 is 1.09 bits per heavy atom. The van der Waals surface area contributed by atoms with Crippen LogP contribution in [0.15, 0.2) is 55.1 Å². The molecule has 22 heavy (non-hydrogen) atoms. The molecule has 0 saturated carbocycles. The molecule has 0 spiro atoms. The summed E-state index contributed by atoms with van der Waals surface area (Å²) < 4.78 is 28.4.